The van der Waals surface area contributed by atoms with E-state index in [1.165, 1.54) is 25.7 Å². The second-order valence-corrected chi connectivity index (χ2v) is 9.91. The van der Waals surface area contributed by atoms with E-state index in [9.17, 15) is 9.59 Å². The average Bonchev–Trinajstić information content (AvgIpc) is 3.20. The molecule has 0 spiro atoms. The van der Waals surface area contributed by atoms with Gasteiger partial charge in [-0.3, -0.25) is 9.59 Å². The molecule has 0 aromatic carbocycles. The lowest BCUT2D eigenvalue weighted by molar-refractivity contribution is -0.131. The number of carbonyl (C=O) groups is 2. The summed E-state index contributed by atoms with van der Waals surface area (Å²) in [6.07, 6.45) is 12.8. The van der Waals surface area contributed by atoms with Crippen molar-refractivity contribution in [3.8, 4) is 0 Å². The minimum atomic E-state index is -0.357. The Morgan fingerprint density at radius 3 is 2.37 bits per heavy atom. The van der Waals surface area contributed by atoms with Crippen LogP contribution in [0.3, 0.4) is 0 Å². The minimum absolute atomic E-state index is 0.0372. The quantitative estimate of drug-likeness (QED) is 0.692. The molecule has 27 heavy (non-hydrogen) atoms. The van der Waals surface area contributed by atoms with Crippen LogP contribution in [0.2, 0.25) is 0 Å². The molecule has 1 heterocycles. The van der Waals surface area contributed by atoms with Crippen molar-refractivity contribution in [2.45, 2.75) is 100 Å². The molecule has 2 unspecified atom stereocenters. The van der Waals surface area contributed by atoms with Gasteiger partial charge in [-0.15, -0.1) is 0 Å². The summed E-state index contributed by atoms with van der Waals surface area (Å²) in [4.78, 5) is 25.7. The molecule has 0 aromatic rings. The van der Waals surface area contributed by atoms with Crippen molar-refractivity contribution < 1.29 is 14.3 Å². The molecular weight excluding hydrogens is 360 g/mol. The molecule has 3 fully saturated rings. The first-order valence-corrected chi connectivity index (χ1v) is 11.9. The fourth-order valence-corrected chi connectivity index (χ4v) is 6.11. The highest BCUT2D eigenvalue weighted by Gasteiger charge is 2.33. The van der Waals surface area contributed by atoms with Gasteiger partial charge in [0, 0.05) is 24.8 Å². The molecule has 154 valence electrons. The zero-order chi connectivity index (χ0) is 19.1. The van der Waals surface area contributed by atoms with Crippen LogP contribution in [0.25, 0.3) is 0 Å². The molecular formula is C21H36N2O3S. The number of amides is 2. The fourth-order valence-electron chi connectivity index (χ4n) is 4.84. The van der Waals surface area contributed by atoms with Gasteiger partial charge in [0.05, 0.1) is 6.10 Å². The number of rotatable bonds is 7. The van der Waals surface area contributed by atoms with Crippen LogP contribution in [0.4, 0.5) is 0 Å². The number of carbonyl (C=O) groups excluding carboxylic acids is 2. The van der Waals surface area contributed by atoms with E-state index in [0.29, 0.717) is 17.8 Å². The first kappa shape index (κ1) is 21.0. The van der Waals surface area contributed by atoms with Crippen LogP contribution in [-0.2, 0) is 14.3 Å². The standard InChI is InChI=1S/C21H36N2O3S/c1-26-17-11-9-16(10-12-17)22-21(25)20(15-6-3-2-4-7-15)23-19(24)14-18-8-5-13-27-18/h15-18,20H,2-14H2,1H3,(H,22,25)(H,23,24). The summed E-state index contributed by atoms with van der Waals surface area (Å²) in [5, 5.41) is 6.81. The first-order chi connectivity index (χ1) is 13.2. The number of nitrogens with one attached hydrogen (secondary N) is 2. The summed E-state index contributed by atoms with van der Waals surface area (Å²) in [6, 6.07) is -0.137. The third-order valence-corrected chi connectivity index (χ3v) is 7.91. The van der Waals surface area contributed by atoms with Gasteiger partial charge in [-0.2, -0.15) is 11.8 Å². The number of methoxy groups -OCH3 is 1. The molecule has 0 aromatic heterocycles. The first-order valence-electron chi connectivity index (χ1n) is 10.9. The van der Waals surface area contributed by atoms with Crippen molar-refractivity contribution in [1.82, 2.24) is 10.6 Å². The molecule has 3 aliphatic rings. The smallest absolute Gasteiger partial charge is 0.243 e. The van der Waals surface area contributed by atoms with Crippen molar-refractivity contribution in [3.05, 3.63) is 0 Å². The van der Waals surface area contributed by atoms with Crippen LogP contribution in [0.15, 0.2) is 0 Å². The van der Waals surface area contributed by atoms with Crippen molar-refractivity contribution in [3.63, 3.8) is 0 Å². The van der Waals surface area contributed by atoms with Gasteiger partial charge in [0.2, 0.25) is 11.8 Å². The third-order valence-electron chi connectivity index (χ3n) is 6.51. The summed E-state index contributed by atoms with van der Waals surface area (Å²) in [7, 11) is 1.76. The Labute approximate surface area is 168 Å². The molecule has 2 atom stereocenters. The topological polar surface area (TPSA) is 67.4 Å². The van der Waals surface area contributed by atoms with Gasteiger partial charge in [-0.05, 0) is 63.0 Å². The average molecular weight is 397 g/mol. The predicted octanol–water partition coefficient (Wildman–Crippen LogP) is 3.41. The molecule has 6 heteroatoms. The molecule has 2 N–H and O–H groups in total. The Hall–Kier alpha value is -0.750. The maximum absolute atomic E-state index is 13.1. The van der Waals surface area contributed by atoms with E-state index in [1.807, 2.05) is 11.8 Å². The number of hydrogen-bond acceptors (Lipinski definition) is 4. The van der Waals surface area contributed by atoms with Crippen LogP contribution in [0.5, 0.6) is 0 Å². The van der Waals surface area contributed by atoms with Crippen molar-refractivity contribution >= 4 is 23.6 Å². The predicted molar refractivity (Wildman–Crippen MR) is 110 cm³/mol. The molecule has 1 saturated heterocycles. The molecule has 2 aliphatic carbocycles. The van der Waals surface area contributed by atoms with Gasteiger partial charge in [0.15, 0.2) is 0 Å². The monoisotopic (exact) mass is 396 g/mol. The number of thioether (sulfide) groups is 1. The van der Waals surface area contributed by atoms with E-state index in [2.05, 4.69) is 10.6 Å². The Morgan fingerprint density at radius 1 is 1.00 bits per heavy atom. The largest absolute Gasteiger partial charge is 0.381 e. The lowest BCUT2D eigenvalue weighted by atomic mass is 9.83. The Morgan fingerprint density at radius 2 is 1.74 bits per heavy atom. The van der Waals surface area contributed by atoms with Crippen molar-refractivity contribution in [1.29, 1.82) is 0 Å². The van der Waals surface area contributed by atoms with E-state index >= 15 is 0 Å². The summed E-state index contributed by atoms with van der Waals surface area (Å²) in [5.41, 5.74) is 0. The maximum atomic E-state index is 13.1. The van der Waals surface area contributed by atoms with E-state index in [-0.39, 0.29) is 29.8 Å². The number of ether oxygens (including phenoxy) is 1. The summed E-state index contributed by atoms with van der Waals surface area (Å²) < 4.78 is 5.43. The highest BCUT2D eigenvalue weighted by Crippen LogP contribution is 2.30. The van der Waals surface area contributed by atoms with Crippen LogP contribution >= 0.6 is 11.8 Å². The van der Waals surface area contributed by atoms with Gasteiger partial charge >= 0.3 is 0 Å². The number of hydrogen-bond donors (Lipinski definition) is 2. The van der Waals surface area contributed by atoms with E-state index in [4.69, 9.17) is 4.74 Å². The molecule has 2 amide bonds. The van der Waals surface area contributed by atoms with Crippen molar-refractivity contribution in [2.75, 3.05) is 12.9 Å². The van der Waals surface area contributed by atoms with Gasteiger partial charge in [-0.25, -0.2) is 0 Å². The highest BCUT2D eigenvalue weighted by atomic mass is 32.2. The minimum Gasteiger partial charge on any atom is -0.381 e. The van der Waals surface area contributed by atoms with Crippen LogP contribution in [0, 0.1) is 5.92 Å². The normalized spacial score (nSPS) is 30.6. The van der Waals surface area contributed by atoms with E-state index in [0.717, 1.165) is 50.7 Å². The van der Waals surface area contributed by atoms with Gasteiger partial charge in [0.1, 0.15) is 6.04 Å². The van der Waals surface area contributed by atoms with E-state index < -0.39 is 0 Å². The second-order valence-electron chi connectivity index (χ2n) is 8.50. The summed E-state index contributed by atoms with van der Waals surface area (Å²) in [6.45, 7) is 0. The lowest BCUT2D eigenvalue weighted by Gasteiger charge is -2.33. The van der Waals surface area contributed by atoms with Gasteiger partial charge in [-0.1, -0.05) is 19.3 Å². The van der Waals surface area contributed by atoms with Crippen LogP contribution < -0.4 is 10.6 Å². The molecule has 2 saturated carbocycles. The molecule has 0 bridgehead atoms. The van der Waals surface area contributed by atoms with E-state index in [1.54, 1.807) is 7.11 Å². The summed E-state index contributed by atoms with van der Waals surface area (Å²) >= 11 is 1.90. The molecule has 0 radical (unpaired) electrons. The van der Waals surface area contributed by atoms with Crippen LogP contribution in [-0.4, -0.2) is 48.1 Å². The maximum Gasteiger partial charge on any atom is 0.243 e. The SMILES string of the molecule is COC1CCC(NC(=O)C(NC(=O)CC2CCCS2)C2CCCCC2)CC1. The van der Waals surface area contributed by atoms with Crippen molar-refractivity contribution in [2.24, 2.45) is 5.92 Å². The Kier molecular flexibility index (Phi) is 8.31. The van der Waals surface area contributed by atoms with Crippen LogP contribution in [0.1, 0.15) is 77.0 Å². The van der Waals surface area contributed by atoms with Gasteiger partial charge in [0.25, 0.3) is 0 Å². The third kappa shape index (κ3) is 6.38. The molecule has 1 aliphatic heterocycles. The zero-order valence-corrected chi connectivity index (χ0v) is 17.5. The fraction of sp³-hybridized carbons (Fsp3) is 0.905. The highest BCUT2D eigenvalue weighted by molar-refractivity contribution is 8.00. The molecule has 3 rings (SSSR count). The Balaban J connectivity index is 1.55. The second kappa shape index (κ2) is 10.7. The zero-order valence-electron chi connectivity index (χ0n) is 16.7. The summed E-state index contributed by atoms with van der Waals surface area (Å²) in [5.74, 6) is 1.54. The molecule has 5 nitrogen and oxygen atoms in total. The van der Waals surface area contributed by atoms with Gasteiger partial charge < -0.3 is 15.4 Å². The Bertz CT molecular complexity index is 482. The lowest BCUT2D eigenvalue weighted by Crippen LogP contribution is -2.54.